The van der Waals surface area contributed by atoms with E-state index in [0.717, 1.165) is 64.4 Å². The summed E-state index contributed by atoms with van der Waals surface area (Å²) < 4.78 is 0. The second kappa shape index (κ2) is 10.5. The summed E-state index contributed by atoms with van der Waals surface area (Å²) in [6.07, 6.45) is 8.03. The lowest BCUT2D eigenvalue weighted by Gasteiger charge is -2.40. The zero-order valence-electron chi connectivity index (χ0n) is 16.5. The molecule has 1 unspecified atom stereocenters. The number of piperidine rings is 1. The van der Waals surface area contributed by atoms with Gasteiger partial charge in [0.2, 0.25) is 11.8 Å². The predicted molar refractivity (Wildman–Crippen MR) is 117 cm³/mol. The maximum absolute atomic E-state index is 12.4. The predicted octanol–water partition coefficient (Wildman–Crippen LogP) is 1.57. The molecule has 0 aromatic heterocycles. The van der Waals surface area contributed by atoms with Crippen molar-refractivity contribution in [2.45, 2.75) is 51.4 Å². The van der Waals surface area contributed by atoms with E-state index >= 15 is 0 Å². The van der Waals surface area contributed by atoms with Crippen molar-refractivity contribution in [1.29, 1.82) is 0 Å². The third-order valence-electron chi connectivity index (χ3n) is 5.95. The standard InChI is InChI=1S/C19H33N5O2.HI/c1-20-18(21-9-7-17(26)23-10-4-2-3-5-11-23)24-12-6-8-19(15-24)13-16(25)22-14-19;/h2-15H2,1H3,(H,20,21)(H,22,25);1H. The summed E-state index contributed by atoms with van der Waals surface area (Å²) in [5, 5.41) is 6.35. The third kappa shape index (κ3) is 5.96. The van der Waals surface area contributed by atoms with Gasteiger partial charge in [-0.05, 0) is 25.7 Å². The number of hydrogen-bond acceptors (Lipinski definition) is 3. The number of nitrogens with zero attached hydrogens (tertiary/aromatic N) is 3. The number of halogens is 1. The van der Waals surface area contributed by atoms with Gasteiger partial charge in [0.25, 0.3) is 0 Å². The SMILES string of the molecule is CN=C(NCCC(=O)N1CCCCCC1)N1CCCC2(CNC(=O)C2)C1.I. The first-order valence-electron chi connectivity index (χ1n) is 10.1. The van der Waals surface area contributed by atoms with Crippen molar-refractivity contribution in [3.8, 4) is 0 Å². The number of amides is 2. The molecule has 3 heterocycles. The zero-order valence-corrected chi connectivity index (χ0v) is 18.8. The summed E-state index contributed by atoms with van der Waals surface area (Å²) in [4.78, 5) is 32.8. The first-order valence-corrected chi connectivity index (χ1v) is 10.1. The Kier molecular flexibility index (Phi) is 8.62. The molecule has 0 aliphatic carbocycles. The summed E-state index contributed by atoms with van der Waals surface area (Å²) >= 11 is 0. The van der Waals surface area contributed by atoms with Gasteiger partial charge in [-0.1, -0.05) is 12.8 Å². The molecule has 3 aliphatic heterocycles. The minimum absolute atomic E-state index is 0. The van der Waals surface area contributed by atoms with Gasteiger partial charge in [0, 0.05) is 64.6 Å². The van der Waals surface area contributed by atoms with Crippen molar-refractivity contribution in [3.63, 3.8) is 0 Å². The molecule has 27 heavy (non-hydrogen) atoms. The Hall–Kier alpha value is -1.06. The lowest BCUT2D eigenvalue weighted by molar-refractivity contribution is -0.131. The van der Waals surface area contributed by atoms with Crippen molar-refractivity contribution in [1.82, 2.24) is 20.4 Å². The van der Waals surface area contributed by atoms with E-state index in [0.29, 0.717) is 19.4 Å². The molecule has 0 aromatic rings. The molecule has 0 aromatic carbocycles. The molecular weight excluding hydrogens is 457 g/mol. The second-order valence-corrected chi connectivity index (χ2v) is 8.00. The van der Waals surface area contributed by atoms with Crippen molar-refractivity contribution in [2.24, 2.45) is 10.4 Å². The van der Waals surface area contributed by atoms with Crippen LogP contribution in [0.3, 0.4) is 0 Å². The van der Waals surface area contributed by atoms with Crippen LogP contribution in [0.5, 0.6) is 0 Å². The van der Waals surface area contributed by atoms with E-state index in [1.807, 2.05) is 4.90 Å². The number of carbonyl (C=O) groups is 2. The highest BCUT2D eigenvalue weighted by Crippen LogP contribution is 2.35. The van der Waals surface area contributed by atoms with Gasteiger partial charge in [-0.25, -0.2) is 0 Å². The molecular formula is C19H34IN5O2. The highest BCUT2D eigenvalue weighted by Gasteiger charge is 2.42. The van der Waals surface area contributed by atoms with E-state index < -0.39 is 0 Å². The summed E-state index contributed by atoms with van der Waals surface area (Å²) in [6, 6.07) is 0. The van der Waals surface area contributed by atoms with Crippen molar-refractivity contribution in [2.75, 3.05) is 46.3 Å². The Morgan fingerprint density at radius 3 is 2.48 bits per heavy atom. The van der Waals surface area contributed by atoms with Crippen LogP contribution in [-0.4, -0.2) is 73.9 Å². The van der Waals surface area contributed by atoms with Crippen LogP contribution in [-0.2, 0) is 9.59 Å². The summed E-state index contributed by atoms with van der Waals surface area (Å²) in [6.45, 7) is 5.00. The van der Waals surface area contributed by atoms with Gasteiger partial charge in [0.1, 0.15) is 0 Å². The third-order valence-corrected chi connectivity index (χ3v) is 5.95. The maximum atomic E-state index is 12.4. The van der Waals surface area contributed by atoms with Crippen LogP contribution >= 0.6 is 24.0 Å². The molecule has 3 fully saturated rings. The van der Waals surface area contributed by atoms with Crippen molar-refractivity contribution < 1.29 is 9.59 Å². The number of likely N-dealkylation sites (tertiary alicyclic amines) is 2. The summed E-state index contributed by atoms with van der Waals surface area (Å²) in [7, 11) is 1.79. The summed E-state index contributed by atoms with van der Waals surface area (Å²) in [5.41, 5.74) is 0.0504. The Bertz CT molecular complexity index is 548. The number of hydrogen-bond donors (Lipinski definition) is 2. The van der Waals surface area contributed by atoms with Crippen LogP contribution < -0.4 is 10.6 Å². The largest absolute Gasteiger partial charge is 0.356 e. The van der Waals surface area contributed by atoms with E-state index in [1.54, 1.807) is 7.05 Å². The average molecular weight is 491 g/mol. The fraction of sp³-hybridized carbons (Fsp3) is 0.842. The van der Waals surface area contributed by atoms with Crippen LogP contribution in [0.4, 0.5) is 0 Å². The summed E-state index contributed by atoms with van der Waals surface area (Å²) in [5.74, 6) is 1.26. The molecule has 0 radical (unpaired) electrons. The smallest absolute Gasteiger partial charge is 0.224 e. The monoisotopic (exact) mass is 491 g/mol. The molecule has 8 heteroatoms. The fourth-order valence-corrected chi connectivity index (χ4v) is 4.52. The molecule has 154 valence electrons. The molecule has 3 saturated heterocycles. The van der Waals surface area contributed by atoms with Crippen LogP contribution in [0.2, 0.25) is 0 Å². The number of rotatable bonds is 3. The highest BCUT2D eigenvalue weighted by atomic mass is 127. The molecule has 1 atom stereocenters. The second-order valence-electron chi connectivity index (χ2n) is 8.00. The minimum atomic E-state index is 0. The Morgan fingerprint density at radius 1 is 1.15 bits per heavy atom. The van der Waals surface area contributed by atoms with E-state index in [9.17, 15) is 9.59 Å². The van der Waals surface area contributed by atoms with E-state index in [4.69, 9.17) is 0 Å². The van der Waals surface area contributed by atoms with E-state index in [-0.39, 0.29) is 41.2 Å². The number of aliphatic imine (C=N–C) groups is 1. The van der Waals surface area contributed by atoms with Crippen molar-refractivity contribution in [3.05, 3.63) is 0 Å². The first-order chi connectivity index (χ1) is 12.6. The quantitative estimate of drug-likeness (QED) is 0.357. The Balaban J connectivity index is 0.00000261. The number of carbonyl (C=O) groups excluding carboxylic acids is 2. The molecule has 7 nitrogen and oxygen atoms in total. The first kappa shape index (κ1) is 22.2. The molecule has 1 spiro atoms. The zero-order chi connectivity index (χ0) is 18.4. The van der Waals surface area contributed by atoms with Crippen LogP contribution in [0.1, 0.15) is 51.4 Å². The van der Waals surface area contributed by atoms with Crippen LogP contribution in [0.15, 0.2) is 4.99 Å². The molecule has 0 saturated carbocycles. The molecule has 3 aliphatic rings. The average Bonchev–Trinajstić information content (AvgIpc) is 2.85. The van der Waals surface area contributed by atoms with Gasteiger partial charge in [-0.15, -0.1) is 24.0 Å². The van der Waals surface area contributed by atoms with Gasteiger partial charge in [0.05, 0.1) is 0 Å². The fourth-order valence-electron chi connectivity index (χ4n) is 4.52. The molecule has 2 N–H and O–H groups in total. The van der Waals surface area contributed by atoms with Gasteiger partial charge in [-0.3, -0.25) is 14.6 Å². The van der Waals surface area contributed by atoms with Gasteiger partial charge in [-0.2, -0.15) is 0 Å². The lowest BCUT2D eigenvalue weighted by atomic mass is 9.79. The van der Waals surface area contributed by atoms with Crippen LogP contribution in [0, 0.1) is 5.41 Å². The van der Waals surface area contributed by atoms with Crippen molar-refractivity contribution >= 4 is 41.8 Å². The molecule has 3 rings (SSSR count). The molecule has 0 bridgehead atoms. The topological polar surface area (TPSA) is 77.0 Å². The van der Waals surface area contributed by atoms with E-state index in [2.05, 4.69) is 20.5 Å². The highest BCUT2D eigenvalue weighted by molar-refractivity contribution is 14.0. The van der Waals surface area contributed by atoms with Gasteiger partial charge < -0.3 is 20.4 Å². The van der Waals surface area contributed by atoms with Gasteiger partial charge >= 0.3 is 0 Å². The number of guanidine groups is 1. The van der Waals surface area contributed by atoms with Crippen LogP contribution in [0.25, 0.3) is 0 Å². The number of nitrogens with one attached hydrogen (secondary N) is 2. The normalized spacial score (nSPS) is 26.4. The minimum Gasteiger partial charge on any atom is -0.356 e. The Labute approximate surface area is 179 Å². The Morgan fingerprint density at radius 2 is 1.85 bits per heavy atom. The molecule has 2 amide bonds. The lowest BCUT2D eigenvalue weighted by Crippen LogP contribution is -2.51. The van der Waals surface area contributed by atoms with Gasteiger partial charge in [0.15, 0.2) is 5.96 Å². The maximum Gasteiger partial charge on any atom is 0.224 e. The van der Waals surface area contributed by atoms with E-state index in [1.165, 1.54) is 12.8 Å².